The quantitative estimate of drug-likeness (QED) is 0.288. The molecule has 0 aromatic heterocycles. The summed E-state index contributed by atoms with van der Waals surface area (Å²) in [7, 11) is 4.70. The molecule has 0 N–H and O–H groups in total. The van der Waals surface area contributed by atoms with E-state index in [2.05, 4.69) is 0 Å². The lowest BCUT2D eigenvalue weighted by atomic mass is 10.1. The van der Waals surface area contributed by atoms with Crippen LogP contribution in [0.15, 0.2) is 60.7 Å². The Morgan fingerprint density at radius 2 is 1.59 bits per heavy atom. The van der Waals surface area contributed by atoms with Gasteiger partial charge in [-0.3, -0.25) is 4.79 Å². The average Bonchev–Trinajstić information content (AvgIpc) is 2.82. The standard InChI is InChI=1S/C26H25ClO5/c1-17-13-21(8-9-22(17)27)32-16-20-14-18(6-11-24(20)29-2)5-10-23(28)19-7-12-25(30-3)26(15-19)31-4/h5-15H,16H2,1-4H3/b10-5+. The molecule has 0 radical (unpaired) electrons. The van der Waals surface area contributed by atoms with Crippen molar-refractivity contribution in [3.63, 3.8) is 0 Å². The van der Waals surface area contributed by atoms with Crippen molar-refractivity contribution in [1.82, 2.24) is 0 Å². The number of hydrogen-bond donors (Lipinski definition) is 0. The molecule has 0 aliphatic rings. The van der Waals surface area contributed by atoms with Crippen LogP contribution in [-0.2, 0) is 6.61 Å². The first-order valence-electron chi connectivity index (χ1n) is 9.95. The van der Waals surface area contributed by atoms with Crippen molar-refractivity contribution in [3.8, 4) is 23.0 Å². The van der Waals surface area contributed by atoms with Gasteiger partial charge >= 0.3 is 0 Å². The molecule has 3 aromatic rings. The van der Waals surface area contributed by atoms with E-state index in [1.807, 2.05) is 43.3 Å². The van der Waals surface area contributed by atoms with Crippen LogP contribution in [0.3, 0.4) is 0 Å². The van der Waals surface area contributed by atoms with Crippen LogP contribution in [0.2, 0.25) is 5.02 Å². The van der Waals surface area contributed by atoms with Crippen LogP contribution in [-0.4, -0.2) is 27.1 Å². The van der Waals surface area contributed by atoms with Gasteiger partial charge in [0.15, 0.2) is 17.3 Å². The number of benzene rings is 3. The molecule has 0 saturated carbocycles. The Labute approximate surface area is 193 Å². The number of carbonyl (C=O) groups is 1. The summed E-state index contributed by atoms with van der Waals surface area (Å²) in [5.41, 5.74) is 3.17. The van der Waals surface area contributed by atoms with E-state index in [9.17, 15) is 4.79 Å². The summed E-state index contributed by atoms with van der Waals surface area (Å²) in [6, 6.07) is 16.3. The second kappa shape index (κ2) is 10.7. The molecular weight excluding hydrogens is 428 g/mol. The highest BCUT2D eigenvalue weighted by molar-refractivity contribution is 6.31. The van der Waals surface area contributed by atoms with Gasteiger partial charge in [0.2, 0.25) is 0 Å². The number of methoxy groups -OCH3 is 3. The van der Waals surface area contributed by atoms with Gasteiger partial charge in [0.1, 0.15) is 18.1 Å². The molecule has 32 heavy (non-hydrogen) atoms. The number of ether oxygens (including phenoxy) is 4. The molecule has 0 heterocycles. The maximum absolute atomic E-state index is 12.6. The van der Waals surface area contributed by atoms with E-state index < -0.39 is 0 Å². The first-order chi connectivity index (χ1) is 15.4. The zero-order chi connectivity index (χ0) is 23.1. The molecule has 0 spiro atoms. The van der Waals surface area contributed by atoms with Gasteiger partial charge in [-0.1, -0.05) is 23.7 Å². The Bertz CT molecular complexity index is 1140. The lowest BCUT2D eigenvalue weighted by Crippen LogP contribution is -2.00. The van der Waals surface area contributed by atoms with Crippen LogP contribution < -0.4 is 18.9 Å². The van der Waals surface area contributed by atoms with E-state index in [0.717, 1.165) is 22.4 Å². The molecule has 0 saturated heterocycles. The summed E-state index contributed by atoms with van der Waals surface area (Å²) < 4.78 is 21.9. The second-order valence-electron chi connectivity index (χ2n) is 7.04. The molecule has 6 heteroatoms. The van der Waals surface area contributed by atoms with Gasteiger partial charge in [-0.2, -0.15) is 0 Å². The molecule has 0 aliphatic carbocycles. The monoisotopic (exact) mass is 452 g/mol. The van der Waals surface area contributed by atoms with Crippen molar-refractivity contribution < 1.29 is 23.7 Å². The predicted octanol–water partition coefficient (Wildman–Crippen LogP) is 6.15. The number of allylic oxidation sites excluding steroid dienone is 1. The van der Waals surface area contributed by atoms with Gasteiger partial charge in [0.25, 0.3) is 0 Å². The summed E-state index contributed by atoms with van der Waals surface area (Å²) in [6.07, 6.45) is 3.28. The van der Waals surface area contributed by atoms with Crippen molar-refractivity contribution in [2.24, 2.45) is 0 Å². The van der Waals surface area contributed by atoms with E-state index in [4.69, 9.17) is 30.5 Å². The van der Waals surface area contributed by atoms with Crippen LogP contribution in [0.1, 0.15) is 27.0 Å². The summed E-state index contributed by atoms with van der Waals surface area (Å²) in [5, 5.41) is 0.696. The largest absolute Gasteiger partial charge is 0.496 e. The third-order valence-electron chi connectivity index (χ3n) is 4.92. The van der Waals surface area contributed by atoms with Crippen LogP contribution in [0.5, 0.6) is 23.0 Å². The minimum Gasteiger partial charge on any atom is -0.496 e. The van der Waals surface area contributed by atoms with Gasteiger partial charge in [-0.15, -0.1) is 0 Å². The lowest BCUT2D eigenvalue weighted by Gasteiger charge is -2.12. The SMILES string of the molecule is COc1ccc(/C=C/C(=O)c2ccc(OC)c(OC)c2)cc1COc1ccc(Cl)c(C)c1. The zero-order valence-electron chi connectivity index (χ0n) is 18.5. The maximum atomic E-state index is 12.6. The topological polar surface area (TPSA) is 54.0 Å². The Balaban J connectivity index is 1.76. The first-order valence-corrected chi connectivity index (χ1v) is 10.3. The molecular formula is C26H25ClO5. The predicted molar refractivity (Wildman–Crippen MR) is 126 cm³/mol. The van der Waals surface area contributed by atoms with Crippen LogP contribution in [0.4, 0.5) is 0 Å². The fourth-order valence-electron chi connectivity index (χ4n) is 3.14. The van der Waals surface area contributed by atoms with E-state index in [1.54, 1.807) is 38.5 Å². The molecule has 5 nitrogen and oxygen atoms in total. The number of ketones is 1. The molecule has 0 unspecified atom stereocenters. The number of aryl methyl sites for hydroxylation is 1. The van der Waals surface area contributed by atoms with Crippen molar-refractivity contribution in [3.05, 3.63) is 87.9 Å². The average molecular weight is 453 g/mol. The zero-order valence-corrected chi connectivity index (χ0v) is 19.2. The van der Waals surface area contributed by atoms with Crippen molar-refractivity contribution in [2.75, 3.05) is 21.3 Å². The molecule has 0 bridgehead atoms. The summed E-state index contributed by atoms with van der Waals surface area (Å²) in [6.45, 7) is 2.24. The van der Waals surface area contributed by atoms with Gasteiger partial charge in [-0.05, 0) is 72.7 Å². The lowest BCUT2D eigenvalue weighted by molar-refractivity contribution is 0.104. The third kappa shape index (κ3) is 5.62. The first kappa shape index (κ1) is 23.2. The Hall–Kier alpha value is -3.44. The van der Waals surface area contributed by atoms with E-state index >= 15 is 0 Å². The van der Waals surface area contributed by atoms with Gasteiger partial charge in [0, 0.05) is 16.1 Å². The highest BCUT2D eigenvalue weighted by Crippen LogP contribution is 2.28. The number of halogens is 1. The van der Waals surface area contributed by atoms with E-state index in [1.165, 1.54) is 13.2 Å². The minimum absolute atomic E-state index is 0.142. The van der Waals surface area contributed by atoms with E-state index in [-0.39, 0.29) is 5.78 Å². The number of carbonyl (C=O) groups excluding carboxylic acids is 1. The molecule has 0 amide bonds. The highest BCUT2D eigenvalue weighted by Gasteiger charge is 2.10. The molecule has 0 aliphatic heterocycles. The summed E-state index contributed by atoms with van der Waals surface area (Å²) in [5.74, 6) is 2.37. The molecule has 0 fully saturated rings. The maximum Gasteiger partial charge on any atom is 0.185 e. The van der Waals surface area contributed by atoms with Crippen LogP contribution >= 0.6 is 11.6 Å². The van der Waals surface area contributed by atoms with Crippen molar-refractivity contribution in [2.45, 2.75) is 13.5 Å². The molecule has 3 rings (SSSR count). The highest BCUT2D eigenvalue weighted by atomic mass is 35.5. The number of rotatable bonds is 9. The van der Waals surface area contributed by atoms with Gasteiger partial charge in [0.05, 0.1) is 21.3 Å². The molecule has 166 valence electrons. The molecule has 3 aromatic carbocycles. The fraction of sp³-hybridized carbons (Fsp3) is 0.192. The van der Waals surface area contributed by atoms with Crippen molar-refractivity contribution in [1.29, 1.82) is 0 Å². The Kier molecular flexibility index (Phi) is 7.79. The van der Waals surface area contributed by atoms with Gasteiger partial charge in [-0.25, -0.2) is 0 Å². The normalized spacial score (nSPS) is 10.8. The Morgan fingerprint density at radius 1 is 0.875 bits per heavy atom. The second-order valence-corrected chi connectivity index (χ2v) is 7.45. The summed E-state index contributed by atoms with van der Waals surface area (Å²) >= 11 is 6.08. The van der Waals surface area contributed by atoms with Crippen LogP contribution in [0.25, 0.3) is 6.08 Å². The fourth-order valence-corrected chi connectivity index (χ4v) is 3.26. The smallest absolute Gasteiger partial charge is 0.185 e. The van der Waals surface area contributed by atoms with Crippen molar-refractivity contribution >= 4 is 23.5 Å². The summed E-state index contributed by atoms with van der Waals surface area (Å²) in [4.78, 5) is 12.6. The number of hydrogen-bond acceptors (Lipinski definition) is 5. The van der Waals surface area contributed by atoms with Crippen LogP contribution in [0, 0.1) is 6.92 Å². The third-order valence-corrected chi connectivity index (χ3v) is 5.35. The minimum atomic E-state index is -0.142. The van der Waals surface area contributed by atoms with Gasteiger partial charge < -0.3 is 18.9 Å². The molecule has 0 atom stereocenters. The Morgan fingerprint density at radius 3 is 2.28 bits per heavy atom. The van der Waals surface area contributed by atoms with E-state index in [0.29, 0.717) is 34.4 Å².